The molecule has 28 heavy (non-hydrogen) atoms. The van der Waals surface area contributed by atoms with Crippen molar-refractivity contribution in [3.05, 3.63) is 91.0 Å². The van der Waals surface area contributed by atoms with Gasteiger partial charge < -0.3 is 17.0 Å². The highest BCUT2D eigenvalue weighted by atomic mass is 79.9. The minimum absolute atomic E-state index is 0. The van der Waals surface area contributed by atoms with Gasteiger partial charge in [0.2, 0.25) is 0 Å². The van der Waals surface area contributed by atoms with Gasteiger partial charge >= 0.3 is 0 Å². The average Bonchev–Trinajstić information content (AvgIpc) is 2.73. The van der Waals surface area contributed by atoms with Crippen molar-refractivity contribution >= 4 is 40.1 Å². The minimum atomic E-state index is -1.71. The smallest absolute Gasteiger partial charge is 0.185 e. The van der Waals surface area contributed by atoms with Crippen LogP contribution < -0.4 is 32.9 Å². The number of carbonyl (C=O) groups excluding carboxylic acids is 1. The van der Waals surface area contributed by atoms with Crippen LogP contribution in [0.3, 0.4) is 0 Å². The fraction of sp³-hybridized carbons (Fsp3) is 0.208. The van der Waals surface area contributed by atoms with E-state index in [2.05, 4.69) is 91.0 Å². The van der Waals surface area contributed by atoms with Crippen molar-refractivity contribution in [1.82, 2.24) is 0 Å². The van der Waals surface area contributed by atoms with E-state index in [4.69, 9.17) is 0 Å². The Kier molecular flexibility index (Phi) is 9.44. The second-order valence-electron chi connectivity index (χ2n) is 6.59. The van der Waals surface area contributed by atoms with E-state index in [1.54, 1.807) is 6.92 Å². The zero-order valence-electron chi connectivity index (χ0n) is 16.1. The Morgan fingerprint density at radius 2 is 1.11 bits per heavy atom. The molecule has 0 saturated heterocycles. The van der Waals surface area contributed by atoms with Crippen LogP contribution in [0.2, 0.25) is 0 Å². The molecule has 146 valence electrons. The van der Waals surface area contributed by atoms with Gasteiger partial charge in [0.25, 0.3) is 0 Å². The molecule has 3 aromatic rings. The highest BCUT2D eigenvalue weighted by Gasteiger charge is 2.44. The third kappa shape index (κ3) is 5.56. The van der Waals surface area contributed by atoms with Gasteiger partial charge in [-0.15, -0.1) is 0 Å². The summed E-state index contributed by atoms with van der Waals surface area (Å²) >= 11 is 1.44. The van der Waals surface area contributed by atoms with Crippen LogP contribution in [-0.4, -0.2) is 17.0 Å². The standard InChI is InChI=1S/C24H26OPS.BrH/c1-21(25)27-20-12-11-19-26(22-13-5-2-6-14-22,23-15-7-3-8-16-23)24-17-9-4-10-18-24;/h2-10,13-18H,11-12,19-20H2,1H3;1H/q+1;/p-1. The van der Waals surface area contributed by atoms with E-state index in [-0.39, 0.29) is 22.1 Å². The Balaban J connectivity index is 0.00000280. The minimum Gasteiger partial charge on any atom is -1.00 e. The summed E-state index contributed by atoms with van der Waals surface area (Å²) in [6.45, 7) is 1.65. The van der Waals surface area contributed by atoms with Gasteiger partial charge in [-0.1, -0.05) is 66.4 Å². The first-order chi connectivity index (χ1) is 13.2. The summed E-state index contributed by atoms with van der Waals surface area (Å²) < 4.78 is 0. The molecule has 0 saturated carbocycles. The Morgan fingerprint density at radius 1 is 0.714 bits per heavy atom. The third-order valence-corrected chi connectivity index (χ3v) is 10.2. The number of halogens is 1. The van der Waals surface area contributed by atoms with Gasteiger partial charge in [0.1, 0.15) is 23.2 Å². The van der Waals surface area contributed by atoms with Crippen molar-refractivity contribution < 1.29 is 21.8 Å². The zero-order valence-corrected chi connectivity index (χ0v) is 19.4. The van der Waals surface area contributed by atoms with Crippen LogP contribution >= 0.6 is 19.0 Å². The number of unbranched alkanes of at least 4 members (excludes halogenated alkanes) is 1. The molecular weight excluding hydrogens is 447 g/mol. The molecule has 0 bridgehead atoms. The molecule has 0 aromatic heterocycles. The average molecular weight is 473 g/mol. The van der Waals surface area contributed by atoms with Crippen molar-refractivity contribution in [2.24, 2.45) is 0 Å². The number of hydrogen-bond acceptors (Lipinski definition) is 2. The molecular formula is C24H26BrOPS. The summed E-state index contributed by atoms with van der Waals surface area (Å²) in [4.78, 5) is 11.2. The second kappa shape index (κ2) is 11.6. The maximum absolute atomic E-state index is 11.2. The van der Waals surface area contributed by atoms with Crippen LogP contribution in [0.15, 0.2) is 91.0 Å². The Morgan fingerprint density at radius 3 is 1.46 bits per heavy atom. The summed E-state index contributed by atoms with van der Waals surface area (Å²) in [6.07, 6.45) is 3.31. The molecule has 0 radical (unpaired) electrons. The summed E-state index contributed by atoms with van der Waals surface area (Å²) in [7, 11) is -1.71. The molecule has 0 aliphatic carbocycles. The number of benzene rings is 3. The first-order valence-electron chi connectivity index (χ1n) is 9.42. The van der Waals surface area contributed by atoms with Crippen LogP contribution in [-0.2, 0) is 4.79 Å². The maximum atomic E-state index is 11.2. The molecule has 0 spiro atoms. The molecule has 0 fully saturated rings. The van der Waals surface area contributed by atoms with Crippen molar-refractivity contribution in [3.8, 4) is 0 Å². The lowest BCUT2D eigenvalue weighted by atomic mass is 10.3. The van der Waals surface area contributed by atoms with Gasteiger partial charge in [-0.2, -0.15) is 0 Å². The van der Waals surface area contributed by atoms with E-state index in [1.165, 1.54) is 27.7 Å². The summed E-state index contributed by atoms with van der Waals surface area (Å²) in [5.74, 6) is 0.910. The zero-order chi connectivity index (χ0) is 19.0. The summed E-state index contributed by atoms with van der Waals surface area (Å²) in [6, 6.07) is 32.9. The quantitative estimate of drug-likeness (QED) is 0.368. The van der Waals surface area contributed by atoms with Gasteiger partial charge in [-0.25, -0.2) is 0 Å². The molecule has 0 unspecified atom stereocenters. The molecule has 0 atom stereocenters. The molecule has 0 heterocycles. The molecule has 0 N–H and O–H groups in total. The molecule has 3 rings (SSSR count). The van der Waals surface area contributed by atoms with E-state index >= 15 is 0 Å². The molecule has 4 heteroatoms. The van der Waals surface area contributed by atoms with Gasteiger partial charge in [-0.05, 0) is 49.2 Å². The van der Waals surface area contributed by atoms with E-state index in [1.807, 2.05) is 0 Å². The fourth-order valence-corrected chi connectivity index (χ4v) is 8.60. The number of hydrogen-bond donors (Lipinski definition) is 0. The Hall–Kier alpha value is -1.41. The predicted molar refractivity (Wildman–Crippen MR) is 122 cm³/mol. The molecule has 0 amide bonds. The third-order valence-electron chi connectivity index (χ3n) is 4.78. The highest BCUT2D eigenvalue weighted by molar-refractivity contribution is 8.13. The Labute approximate surface area is 184 Å². The van der Waals surface area contributed by atoms with E-state index in [9.17, 15) is 4.79 Å². The molecule has 1 nitrogen and oxygen atoms in total. The van der Waals surface area contributed by atoms with Crippen molar-refractivity contribution in [2.45, 2.75) is 19.8 Å². The van der Waals surface area contributed by atoms with Gasteiger partial charge in [0, 0.05) is 12.7 Å². The molecule has 0 aliphatic heterocycles. The number of rotatable bonds is 8. The largest absolute Gasteiger partial charge is 1.00 e. The normalized spacial score (nSPS) is 10.9. The van der Waals surface area contributed by atoms with E-state index in [0.717, 1.165) is 24.8 Å². The number of thioether (sulfide) groups is 1. The van der Waals surface area contributed by atoms with Crippen LogP contribution in [0.4, 0.5) is 0 Å². The topological polar surface area (TPSA) is 17.1 Å². The van der Waals surface area contributed by atoms with Crippen LogP contribution in [0.1, 0.15) is 19.8 Å². The van der Waals surface area contributed by atoms with Gasteiger partial charge in [-0.3, -0.25) is 4.79 Å². The highest BCUT2D eigenvalue weighted by Crippen LogP contribution is 2.55. The first kappa shape index (κ1) is 22.9. The van der Waals surface area contributed by atoms with E-state index < -0.39 is 7.26 Å². The van der Waals surface area contributed by atoms with E-state index in [0.29, 0.717) is 0 Å². The lowest BCUT2D eigenvalue weighted by molar-refractivity contribution is -0.109. The SMILES string of the molecule is CC(=O)SCCCC[P+](c1ccccc1)(c1ccccc1)c1ccccc1.[Br-]. The second-order valence-corrected chi connectivity index (χ2v) is 11.5. The lowest BCUT2D eigenvalue weighted by Crippen LogP contribution is -3.00. The van der Waals surface area contributed by atoms with Gasteiger partial charge in [0.05, 0.1) is 6.16 Å². The first-order valence-corrected chi connectivity index (χ1v) is 12.4. The Bertz CT molecular complexity index is 744. The lowest BCUT2D eigenvalue weighted by Gasteiger charge is -2.27. The van der Waals surface area contributed by atoms with Crippen molar-refractivity contribution in [3.63, 3.8) is 0 Å². The molecule has 0 aliphatic rings. The van der Waals surface area contributed by atoms with Gasteiger partial charge in [0.15, 0.2) is 5.12 Å². The molecule has 3 aromatic carbocycles. The van der Waals surface area contributed by atoms with Crippen molar-refractivity contribution in [1.29, 1.82) is 0 Å². The fourth-order valence-electron chi connectivity index (χ4n) is 3.55. The summed E-state index contributed by atoms with van der Waals surface area (Å²) in [5, 5.41) is 4.51. The van der Waals surface area contributed by atoms with Crippen LogP contribution in [0, 0.1) is 0 Å². The monoisotopic (exact) mass is 472 g/mol. The van der Waals surface area contributed by atoms with Crippen LogP contribution in [0.5, 0.6) is 0 Å². The van der Waals surface area contributed by atoms with Crippen molar-refractivity contribution in [2.75, 3.05) is 11.9 Å². The summed E-state index contributed by atoms with van der Waals surface area (Å²) in [5.41, 5.74) is 0. The number of carbonyl (C=O) groups is 1. The maximum Gasteiger partial charge on any atom is 0.185 e. The van der Waals surface area contributed by atoms with Crippen LogP contribution in [0.25, 0.3) is 0 Å². The predicted octanol–water partition coefficient (Wildman–Crippen LogP) is 2.04.